The number of hydrogen-bond donors (Lipinski definition) is 2. The van der Waals surface area contributed by atoms with Crippen LogP contribution in [-0.4, -0.2) is 17.3 Å². The number of benzene rings is 1. The molecule has 1 amide bonds. The lowest BCUT2D eigenvalue weighted by Gasteiger charge is -2.04. The molecule has 0 saturated heterocycles. The van der Waals surface area contributed by atoms with Gasteiger partial charge in [-0.1, -0.05) is 21.1 Å². The van der Waals surface area contributed by atoms with Crippen molar-refractivity contribution >= 4 is 49.7 Å². The number of hydrogen-bond acceptors (Lipinski definition) is 3. The average Bonchev–Trinajstić information content (AvgIpc) is 2.12. The van der Waals surface area contributed by atoms with Crippen molar-refractivity contribution in [3.63, 3.8) is 0 Å². The van der Waals surface area contributed by atoms with E-state index >= 15 is 0 Å². The summed E-state index contributed by atoms with van der Waals surface area (Å²) in [6.45, 7) is 0. The molecule has 0 aliphatic heterocycles. The van der Waals surface area contributed by atoms with Gasteiger partial charge in [-0.15, -0.1) is 0 Å². The first-order valence-corrected chi connectivity index (χ1v) is 5.15. The lowest BCUT2D eigenvalue weighted by molar-refractivity contribution is -0.110. The van der Waals surface area contributed by atoms with Crippen LogP contribution in [0.3, 0.4) is 0 Å². The van der Waals surface area contributed by atoms with E-state index in [9.17, 15) is 4.79 Å². The minimum atomic E-state index is -0.494. The Morgan fingerprint density at radius 1 is 1.50 bits per heavy atom. The molecule has 0 heterocycles. The van der Waals surface area contributed by atoms with E-state index in [1.807, 2.05) is 6.07 Å². The Bertz CT molecular complexity index is 380. The molecule has 0 aliphatic carbocycles. The maximum atomic E-state index is 11.0. The number of anilines is 1. The topological polar surface area (TPSA) is 61.7 Å². The van der Waals surface area contributed by atoms with Gasteiger partial charge < -0.3 is 10.5 Å². The van der Waals surface area contributed by atoms with Gasteiger partial charge in [0, 0.05) is 8.95 Å². The van der Waals surface area contributed by atoms with E-state index in [-0.39, 0.29) is 0 Å². The van der Waals surface area contributed by atoms with Crippen LogP contribution >= 0.6 is 31.9 Å². The minimum Gasteiger partial charge on any atom is -0.411 e. The van der Waals surface area contributed by atoms with Crippen LogP contribution in [0.15, 0.2) is 32.3 Å². The molecule has 1 aromatic carbocycles. The molecular weight excluding hydrogens is 316 g/mol. The van der Waals surface area contributed by atoms with Crippen LogP contribution < -0.4 is 5.32 Å². The molecule has 1 rings (SSSR count). The van der Waals surface area contributed by atoms with Crippen LogP contribution in [0.25, 0.3) is 0 Å². The molecule has 0 spiro atoms. The quantitative estimate of drug-likeness (QED) is 0.499. The van der Waals surface area contributed by atoms with Crippen molar-refractivity contribution in [1.82, 2.24) is 0 Å². The van der Waals surface area contributed by atoms with Crippen LogP contribution in [0, 0.1) is 0 Å². The van der Waals surface area contributed by atoms with E-state index in [0.717, 1.165) is 15.2 Å². The van der Waals surface area contributed by atoms with Crippen molar-refractivity contribution in [3.05, 3.63) is 27.1 Å². The first kappa shape index (κ1) is 11.2. The standard InChI is InChI=1S/C8H6Br2N2O2/c9-5-1-2-6(10)7(3-5)12-8(13)4-11-14/h1-4,14H,(H,12,13). The normalized spacial score (nSPS) is 10.4. The van der Waals surface area contributed by atoms with E-state index in [1.165, 1.54) is 0 Å². The van der Waals surface area contributed by atoms with Crippen LogP contribution in [-0.2, 0) is 4.79 Å². The van der Waals surface area contributed by atoms with Gasteiger partial charge in [0.2, 0.25) is 0 Å². The van der Waals surface area contributed by atoms with Crippen LogP contribution in [0.4, 0.5) is 5.69 Å². The maximum Gasteiger partial charge on any atom is 0.270 e. The fraction of sp³-hybridized carbons (Fsp3) is 0. The van der Waals surface area contributed by atoms with Gasteiger partial charge in [-0.2, -0.15) is 0 Å². The highest BCUT2D eigenvalue weighted by molar-refractivity contribution is 9.11. The maximum absolute atomic E-state index is 11.0. The van der Waals surface area contributed by atoms with E-state index < -0.39 is 5.91 Å². The van der Waals surface area contributed by atoms with Crippen molar-refractivity contribution in [2.24, 2.45) is 5.16 Å². The fourth-order valence-corrected chi connectivity index (χ4v) is 1.52. The monoisotopic (exact) mass is 320 g/mol. The summed E-state index contributed by atoms with van der Waals surface area (Å²) < 4.78 is 1.59. The summed E-state index contributed by atoms with van der Waals surface area (Å²) in [4.78, 5) is 11.0. The number of carbonyl (C=O) groups is 1. The van der Waals surface area contributed by atoms with E-state index in [2.05, 4.69) is 42.3 Å². The predicted octanol–water partition coefficient (Wildman–Crippen LogP) is 2.61. The Morgan fingerprint density at radius 3 is 2.86 bits per heavy atom. The molecule has 0 radical (unpaired) electrons. The Morgan fingerprint density at radius 2 is 2.21 bits per heavy atom. The number of oxime groups is 1. The number of halogens is 2. The van der Waals surface area contributed by atoms with Gasteiger partial charge in [-0.25, -0.2) is 0 Å². The van der Waals surface area contributed by atoms with Crippen molar-refractivity contribution in [1.29, 1.82) is 0 Å². The Balaban J connectivity index is 2.85. The molecule has 6 heteroatoms. The second-order valence-electron chi connectivity index (χ2n) is 2.36. The largest absolute Gasteiger partial charge is 0.411 e. The predicted molar refractivity (Wildman–Crippen MR) is 60.8 cm³/mol. The Labute approximate surface area is 97.3 Å². The zero-order valence-electron chi connectivity index (χ0n) is 6.87. The van der Waals surface area contributed by atoms with Crippen LogP contribution in [0.1, 0.15) is 0 Å². The Kier molecular flexibility index (Phi) is 4.09. The summed E-state index contributed by atoms with van der Waals surface area (Å²) in [6.07, 6.45) is 0.785. The first-order chi connectivity index (χ1) is 6.63. The first-order valence-electron chi connectivity index (χ1n) is 3.57. The Hall–Kier alpha value is -0.880. The molecule has 4 nitrogen and oxygen atoms in total. The summed E-state index contributed by atoms with van der Waals surface area (Å²) in [5.41, 5.74) is 0.601. The molecule has 0 aromatic heterocycles. The molecule has 74 valence electrons. The van der Waals surface area contributed by atoms with Crippen molar-refractivity contribution in [2.45, 2.75) is 0 Å². The van der Waals surface area contributed by atoms with Gasteiger partial charge in [-0.3, -0.25) is 4.79 Å². The number of carbonyl (C=O) groups excluding carboxylic acids is 1. The highest BCUT2D eigenvalue weighted by atomic mass is 79.9. The minimum absolute atomic E-state index is 0.494. The zero-order valence-corrected chi connectivity index (χ0v) is 10.0. The highest BCUT2D eigenvalue weighted by Gasteiger charge is 2.03. The number of nitrogens with zero attached hydrogens (tertiary/aromatic N) is 1. The molecule has 0 fully saturated rings. The van der Waals surface area contributed by atoms with E-state index in [0.29, 0.717) is 5.69 Å². The molecule has 0 aliphatic rings. The number of nitrogens with one attached hydrogen (secondary N) is 1. The molecule has 0 unspecified atom stereocenters. The second-order valence-corrected chi connectivity index (χ2v) is 4.13. The van der Waals surface area contributed by atoms with Gasteiger partial charge >= 0.3 is 0 Å². The molecule has 1 aromatic rings. The summed E-state index contributed by atoms with van der Waals surface area (Å²) in [5, 5.41) is 13.3. The third-order valence-electron chi connectivity index (χ3n) is 1.36. The molecule has 0 bridgehead atoms. The average molecular weight is 322 g/mol. The van der Waals surface area contributed by atoms with Crippen molar-refractivity contribution in [3.8, 4) is 0 Å². The lowest BCUT2D eigenvalue weighted by atomic mass is 10.3. The van der Waals surface area contributed by atoms with Crippen LogP contribution in [0.5, 0.6) is 0 Å². The van der Waals surface area contributed by atoms with Gasteiger partial charge in [0.25, 0.3) is 5.91 Å². The van der Waals surface area contributed by atoms with Crippen LogP contribution in [0.2, 0.25) is 0 Å². The lowest BCUT2D eigenvalue weighted by Crippen LogP contribution is -2.12. The number of rotatable bonds is 2. The van der Waals surface area contributed by atoms with Gasteiger partial charge in [0.1, 0.15) is 6.21 Å². The number of amides is 1. The summed E-state index contributed by atoms with van der Waals surface area (Å²) >= 11 is 6.54. The van der Waals surface area contributed by atoms with Gasteiger partial charge in [0.05, 0.1) is 5.69 Å². The molecular formula is C8H6Br2N2O2. The summed E-state index contributed by atoms with van der Waals surface area (Å²) in [6, 6.07) is 5.35. The third-order valence-corrected chi connectivity index (χ3v) is 2.55. The van der Waals surface area contributed by atoms with Crippen molar-refractivity contribution in [2.75, 3.05) is 5.32 Å². The zero-order chi connectivity index (χ0) is 10.6. The van der Waals surface area contributed by atoms with E-state index in [4.69, 9.17) is 5.21 Å². The third kappa shape index (κ3) is 3.12. The summed E-state index contributed by atoms with van der Waals surface area (Å²) in [5.74, 6) is -0.494. The van der Waals surface area contributed by atoms with Gasteiger partial charge in [-0.05, 0) is 34.1 Å². The summed E-state index contributed by atoms with van der Waals surface area (Å²) in [7, 11) is 0. The highest BCUT2D eigenvalue weighted by Crippen LogP contribution is 2.25. The van der Waals surface area contributed by atoms with E-state index in [1.54, 1.807) is 12.1 Å². The molecule has 0 atom stereocenters. The molecule has 14 heavy (non-hydrogen) atoms. The molecule has 2 N–H and O–H groups in total. The molecule has 0 saturated carbocycles. The smallest absolute Gasteiger partial charge is 0.270 e. The second kappa shape index (κ2) is 5.11. The van der Waals surface area contributed by atoms with Crippen molar-refractivity contribution < 1.29 is 10.0 Å². The fourth-order valence-electron chi connectivity index (χ4n) is 0.811. The van der Waals surface area contributed by atoms with Gasteiger partial charge in [0.15, 0.2) is 0 Å². The SMILES string of the molecule is O=C(C=NO)Nc1cc(Br)ccc1Br.